The molecule has 1 N–H and O–H groups in total. The van der Waals surface area contributed by atoms with Crippen LogP contribution in [0.2, 0.25) is 0 Å². The number of carbonyl (C=O) groups is 3. The van der Waals surface area contributed by atoms with Crippen LogP contribution >= 0.6 is 0 Å². The Labute approximate surface area is 210 Å². The molecule has 0 radical (unpaired) electrons. The van der Waals surface area contributed by atoms with Crippen LogP contribution in [-0.2, 0) is 15.8 Å². The third-order valence-corrected chi connectivity index (χ3v) is 6.45. The number of nitrogens with zero attached hydrogens (tertiary/aromatic N) is 2. The van der Waals surface area contributed by atoms with E-state index in [1.807, 2.05) is 6.07 Å². The number of fused-ring (bicyclic) bond motifs is 2. The van der Waals surface area contributed by atoms with Crippen molar-refractivity contribution in [3.63, 3.8) is 0 Å². The number of alkyl halides is 3. The number of piperazine rings is 1. The maximum atomic E-state index is 13.6. The minimum absolute atomic E-state index is 0.0215. The molecule has 1 atom stereocenters. The van der Waals surface area contributed by atoms with E-state index in [9.17, 15) is 27.6 Å². The first-order valence-electron chi connectivity index (χ1n) is 11.6. The highest BCUT2D eigenvalue weighted by molar-refractivity contribution is 6.11. The van der Waals surface area contributed by atoms with Gasteiger partial charge in [0.1, 0.15) is 11.8 Å². The fourth-order valence-electron chi connectivity index (χ4n) is 4.58. The lowest BCUT2D eigenvalue weighted by Gasteiger charge is -2.39. The van der Waals surface area contributed by atoms with Crippen molar-refractivity contribution in [1.82, 2.24) is 9.80 Å². The van der Waals surface area contributed by atoms with Gasteiger partial charge in [0.05, 0.1) is 23.4 Å². The summed E-state index contributed by atoms with van der Waals surface area (Å²) in [7, 11) is 0. The van der Waals surface area contributed by atoms with Gasteiger partial charge in [0.15, 0.2) is 6.61 Å². The van der Waals surface area contributed by atoms with Crippen molar-refractivity contribution in [2.75, 3.05) is 31.6 Å². The molecule has 0 aromatic heterocycles. The number of halogens is 3. The van der Waals surface area contributed by atoms with E-state index in [1.54, 1.807) is 24.3 Å². The summed E-state index contributed by atoms with van der Waals surface area (Å²) in [6, 6.07) is 17.3. The van der Waals surface area contributed by atoms with E-state index < -0.39 is 29.6 Å². The summed E-state index contributed by atoms with van der Waals surface area (Å²) in [4.78, 5) is 42.0. The van der Waals surface area contributed by atoms with Gasteiger partial charge in [0.25, 0.3) is 11.8 Å². The molecular weight excluding hydrogens is 487 g/mol. The largest absolute Gasteiger partial charge is 0.484 e. The number of ether oxygens (including phenoxy) is 1. The van der Waals surface area contributed by atoms with Crippen LogP contribution in [0.25, 0.3) is 11.1 Å². The van der Waals surface area contributed by atoms with Crippen LogP contribution < -0.4 is 10.1 Å². The number of para-hydroxylation sites is 1. The Morgan fingerprint density at radius 3 is 2.43 bits per heavy atom. The van der Waals surface area contributed by atoms with Gasteiger partial charge in [-0.3, -0.25) is 14.4 Å². The van der Waals surface area contributed by atoms with Crippen LogP contribution in [0.15, 0.2) is 72.8 Å². The number of benzene rings is 3. The van der Waals surface area contributed by atoms with Crippen molar-refractivity contribution in [3.8, 4) is 16.9 Å². The summed E-state index contributed by atoms with van der Waals surface area (Å²) in [6.45, 7) is 0.0516. The van der Waals surface area contributed by atoms with Crippen LogP contribution in [0, 0.1) is 0 Å². The monoisotopic (exact) mass is 509 g/mol. The zero-order chi connectivity index (χ0) is 26.2. The molecule has 10 heteroatoms. The highest BCUT2D eigenvalue weighted by Gasteiger charge is 2.41. The topological polar surface area (TPSA) is 79.0 Å². The Morgan fingerprint density at radius 2 is 1.68 bits per heavy atom. The fourth-order valence-corrected chi connectivity index (χ4v) is 4.58. The van der Waals surface area contributed by atoms with E-state index in [0.29, 0.717) is 5.75 Å². The van der Waals surface area contributed by atoms with Crippen molar-refractivity contribution < 1.29 is 32.3 Å². The molecule has 1 unspecified atom stereocenters. The first-order chi connectivity index (χ1) is 17.7. The normalized spacial score (nSPS) is 17.4. The molecule has 37 heavy (non-hydrogen) atoms. The van der Waals surface area contributed by atoms with Crippen molar-refractivity contribution in [1.29, 1.82) is 0 Å². The van der Waals surface area contributed by atoms with Gasteiger partial charge in [-0.1, -0.05) is 42.5 Å². The van der Waals surface area contributed by atoms with Gasteiger partial charge < -0.3 is 19.9 Å². The van der Waals surface area contributed by atoms with Gasteiger partial charge >= 0.3 is 6.18 Å². The molecule has 0 saturated carbocycles. The van der Waals surface area contributed by atoms with Gasteiger partial charge in [0, 0.05) is 13.1 Å². The molecule has 1 saturated heterocycles. The van der Waals surface area contributed by atoms with Crippen LogP contribution in [0.5, 0.6) is 5.75 Å². The second kappa shape index (κ2) is 9.61. The lowest BCUT2D eigenvalue weighted by Crippen LogP contribution is -2.60. The second-order valence-corrected chi connectivity index (χ2v) is 8.75. The van der Waals surface area contributed by atoms with E-state index in [1.165, 1.54) is 46.2 Å². The van der Waals surface area contributed by atoms with Gasteiger partial charge in [0.2, 0.25) is 5.91 Å². The molecule has 2 aliphatic rings. The highest BCUT2D eigenvalue weighted by Crippen LogP contribution is 2.38. The molecule has 0 bridgehead atoms. The average molecular weight is 509 g/mol. The molecule has 3 aromatic rings. The van der Waals surface area contributed by atoms with Crippen LogP contribution in [0.4, 0.5) is 18.9 Å². The zero-order valence-corrected chi connectivity index (χ0v) is 19.5. The number of amides is 3. The summed E-state index contributed by atoms with van der Waals surface area (Å²) in [5.41, 5.74) is -0.366. The summed E-state index contributed by atoms with van der Waals surface area (Å²) in [5, 5.41) is 2.70. The number of nitrogens with one attached hydrogen (secondary N) is 1. The molecule has 7 nitrogen and oxygen atoms in total. The number of anilines is 1. The Bertz CT molecular complexity index is 1360. The molecule has 2 heterocycles. The van der Waals surface area contributed by atoms with Crippen molar-refractivity contribution >= 4 is 23.4 Å². The predicted molar refractivity (Wildman–Crippen MR) is 129 cm³/mol. The third kappa shape index (κ3) is 4.87. The number of rotatable bonds is 4. The molecule has 5 rings (SSSR count). The van der Waals surface area contributed by atoms with E-state index in [-0.39, 0.29) is 54.5 Å². The fraction of sp³-hybridized carbons (Fsp3) is 0.222. The lowest BCUT2D eigenvalue weighted by molar-refractivity contribution is -0.138. The van der Waals surface area contributed by atoms with Gasteiger partial charge in [-0.2, -0.15) is 13.2 Å². The highest BCUT2D eigenvalue weighted by atomic mass is 19.4. The predicted octanol–water partition coefficient (Wildman–Crippen LogP) is 4.06. The molecule has 3 amide bonds. The number of hydrogen-bond acceptors (Lipinski definition) is 4. The first kappa shape index (κ1) is 24.4. The number of carbonyl (C=O) groups excluding carboxylic acids is 3. The Morgan fingerprint density at radius 1 is 0.946 bits per heavy atom. The molecule has 3 aromatic carbocycles. The summed E-state index contributed by atoms with van der Waals surface area (Å²) >= 11 is 0. The Hall–Kier alpha value is -4.34. The maximum absolute atomic E-state index is 13.6. The molecular formula is C27H22F3N3O4. The van der Waals surface area contributed by atoms with Gasteiger partial charge in [-0.05, 0) is 41.5 Å². The van der Waals surface area contributed by atoms with E-state index in [4.69, 9.17) is 4.74 Å². The van der Waals surface area contributed by atoms with Gasteiger partial charge in [-0.15, -0.1) is 0 Å². The number of hydrogen-bond donors (Lipinski definition) is 1. The maximum Gasteiger partial charge on any atom is 0.417 e. The van der Waals surface area contributed by atoms with Crippen LogP contribution in [-0.4, -0.2) is 59.8 Å². The van der Waals surface area contributed by atoms with Crippen LogP contribution in [0.1, 0.15) is 15.9 Å². The molecule has 190 valence electrons. The van der Waals surface area contributed by atoms with Crippen molar-refractivity contribution in [2.45, 2.75) is 12.2 Å². The van der Waals surface area contributed by atoms with Gasteiger partial charge in [-0.25, -0.2) is 0 Å². The molecule has 1 fully saturated rings. The Kier molecular flexibility index (Phi) is 6.32. The van der Waals surface area contributed by atoms with Crippen molar-refractivity contribution in [2.24, 2.45) is 0 Å². The lowest BCUT2D eigenvalue weighted by atomic mass is 9.96. The third-order valence-electron chi connectivity index (χ3n) is 6.45. The first-order valence-corrected chi connectivity index (χ1v) is 11.6. The smallest absolute Gasteiger partial charge is 0.417 e. The zero-order valence-electron chi connectivity index (χ0n) is 19.5. The molecule has 0 spiro atoms. The second-order valence-electron chi connectivity index (χ2n) is 8.75. The molecule has 0 aliphatic carbocycles. The van der Waals surface area contributed by atoms with E-state index in [2.05, 4.69) is 5.32 Å². The summed E-state index contributed by atoms with van der Waals surface area (Å²) in [5.74, 6) is -0.749. The minimum atomic E-state index is -4.57. The van der Waals surface area contributed by atoms with Crippen LogP contribution in [0.3, 0.4) is 0 Å². The standard InChI is InChI=1S/C27H22F3N3O4/c28-27(29,30)21-9-5-4-8-19(21)17-10-11-22-20(14-17)26(36)33-13-12-32(15-23(33)25(35)31-22)24(34)16-37-18-6-2-1-3-7-18/h1-11,14,23H,12-13,15-16H2,(H,31,35). The minimum Gasteiger partial charge on any atom is -0.484 e. The van der Waals surface area contributed by atoms with Crippen molar-refractivity contribution in [3.05, 3.63) is 83.9 Å². The van der Waals surface area contributed by atoms with E-state index >= 15 is 0 Å². The SMILES string of the molecule is O=C1Nc2ccc(-c3ccccc3C(F)(F)F)cc2C(=O)N2CCN(C(=O)COc3ccccc3)CC12. The quantitative estimate of drug-likeness (QED) is 0.576. The summed E-state index contributed by atoms with van der Waals surface area (Å²) in [6.07, 6.45) is -4.57. The summed E-state index contributed by atoms with van der Waals surface area (Å²) < 4.78 is 46.2. The van der Waals surface area contributed by atoms with E-state index in [0.717, 1.165) is 6.07 Å². The molecule has 2 aliphatic heterocycles. The Balaban J connectivity index is 1.37. The average Bonchev–Trinajstić information content (AvgIpc) is 3.01.